The van der Waals surface area contributed by atoms with Crippen LogP contribution in [0, 0.1) is 13.8 Å². The van der Waals surface area contributed by atoms with Crippen LogP contribution < -0.4 is 11.5 Å². The largest absolute Gasteiger partial charge is 0.399 e. The molecule has 4 aromatic rings. The predicted octanol–water partition coefficient (Wildman–Crippen LogP) is 16.9. The van der Waals surface area contributed by atoms with E-state index >= 15 is 0 Å². The fraction of sp³-hybridized carbons (Fsp3) is 0.571. The molecule has 2 unspecified atom stereocenters. The second-order valence-electron chi connectivity index (χ2n) is 18.0. The van der Waals surface area contributed by atoms with Gasteiger partial charge in [-0.25, -0.2) is 0 Å². The average Bonchev–Trinajstić information content (AvgIpc) is 3.22. The minimum absolute atomic E-state index is 0.457. The summed E-state index contributed by atoms with van der Waals surface area (Å²) < 4.78 is 0. The van der Waals surface area contributed by atoms with Crippen molar-refractivity contribution in [3.63, 3.8) is 0 Å². The molecule has 0 aromatic heterocycles. The minimum Gasteiger partial charge on any atom is -0.399 e. The van der Waals surface area contributed by atoms with E-state index in [-0.39, 0.29) is 0 Å². The first-order chi connectivity index (χ1) is 28.4. The number of rotatable bonds is 31. The van der Waals surface area contributed by atoms with Gasteiger partial charge in [0.1, 0.15) is 0 Å². The van der Waals surface area contributed by atoms with Crippen LogP contribution in [0.1, 0.15) is 224 Å². The number of nitrogen functional groups attached to an aromatic ring is 2. The Morgan fingerprint density at radius 1 is 0.362 bits per heavy atom. The first kappa shape index (κ1) is 47.2. The van der Waals surface area contributed by atoms with Crippen molar-refractivity contribution < 1.29 is 0 Å². The Bertz CT molecular complexity index is 1530. The number of benzene rings is 4. The van der Waals surface area contributed by atoms with Gasteiger partial charge in [-0.1, -0.05) is 203 Å². The highest BCUT2D eigenvalue weighted by Crippen LogP contribution is 2.35. The molecule has 2 atom stereocenters. The van der Waals surface area contributed by atoms with Gasteiger partial charge >= 0.3 is 0 Å². The quantitative estimate of drug-likeness (QED) is 0.0394. The molecule has 318 valence electrons. The van der Waals surface area contributed by atoms with Gasteiger partial charge in [0.15, 0.2) is 0 Å². The van der Waals surface area contributed by atoms with Gasteiger partial charge in [-0.3, -0.25) is 0 Å². The molecular formula is C56H84N2. The summed E-state index contributed by atoms with van der Waals surface area (Å²) in [5, 5.41) is 0. The molecule has 2 nitrogen and oxygen atoms in total. The van der Waals surface area contributed by atoms with Gasteiger partial charge in [0.05, 0.1) is 0 Å². The van der Waals surface area contributed by atoms with E-state index in [1.54, 1.807) is 0 Å². The zero-order valence-electron chi connectivity index (χ0n) is 37.8. The van der Waals surface area contributed by atoms with Crippen molar-refractivity contribution in [2.24, 2.45) is 0 Å². The maximum absolute atomic E-state index is 6.14. The summed E-state index contributed by atoms with van der Waals surface area (Å²) in [6.45, 7) is 9.06. The lowest BCUT2D eigenvalue weighted by atomic mass is 9.84. The summed E-state index contributed by atoms with van der Waals surface area (Å²) in [4.78, 5) is 0. The molecule has 2 heteroatoms. The smallest absolute Gasteiger partial charge is 0.0316 e. The first-order valence-corrected chi connectivity index (χ1v) is 24.3. The number of nitrogens with two attached hydrogens (primary N) is 2. The van der Waals surface area contributed by atoms with E-state index in [0.717, 1.165) is 11.4 Å². The Labute approximate surface area is 357 Å². The standard InChI is InChI=1S/C56H84N2/c1-5-7-9-11-15-21-25-29-55(53-41-39-51(57)43-45(53)3)49-35-31-47(32-36-49)27-23-19-17-13-14-18-20-24-28-48-33-37-50(38-34-48)56(30-26-22-16-12-10-8-6-2)54-42-40-52(58)44-46(54)4/h31-44,55-56H,5-30,57-58H2,1-4H3. The van der Waals surface area contributed by atoms with Crippen LogP contribution in [-0.4, -0.2) is 0 Å². The molecule has 4 rings (SSSR count). The average molecular weight is 785 g/mol. The lowest BCUT2D eigenvalue weighted by Crippen LogP contribution is -2.05. The van der Waals surface area contributed by atoms with Gasteiger partial charge in [-0.15, -0.1) is 0 Å². The van der Waals surface area contributed by atoms with Gasteiger partial charge < -0.3 is 11.5 Å². The molecule has 0 radical (unpaired) electrons. The maximum atomic E-state index is 6.14. The summed E-state index contributed by atoms with van der Waals surface area (Å²) in [7, 11) is 0. The van der Waals surface area contributed by atoms with Crippen molar-refractivity contribution in [1.82, 2.24) is 0 Å². The Kier molecular flexibility index (Phi) is 22.8. The summed E-state index contributed by atoms with van der Waals surface area (Å²) >= 11 is 0. The predicted molar refractivity (Wildman–Crippen MR) is 257 cm³/mol. The zero-order chi connectivity index (χ0) is 41.2. The Balaban J connectivity index is 1.12. The molecule has 0 heterocycles. The van der Waals surface area contributed by atoms with Crippen LogP contribution in [0.2, 0.25) is 0 Å². The fourth-order valence-corrected chi connectivity index (χ4v) is 9.35. The fourth-order valence-electron chi connectivity index (χ4n) is 9.35. The van der Waals surface area contributed by atoms with E-state index in [0.29, 0.717) is 11.8 Å². The molecule has 0 saturated heterocycles. The lowest BCUT2D eigenvalue weighted by Gasteiger charge is -2.21. The summed E-state index contributed by atoms with van der Waals surface area (Å²) in [6, 6.07) is 32.3. The second kappa shape index (κ2) is 28.0. The third kappa shape index (κ3) is 17.4. The topological polar surface area (TPSA) is 52.0 Å². The third-order valence-corrected chi connectivity index (χ3v) is 13.0. The molecule has 0 fully saturated rings. The van der Waals surface area contributed by atoms with Crippen molar-refractivity contribution in [2.75, 3.05) is 11.5 Å². The van der Waals surface area contributed by atoms with Gasteiger partial charge in [0, 0.05) is 23.2 Å². The van der Waals surface area contributed by atoms with Gasteiger partial charge in [-0.2, -0.15) is 0 Å². The molecule has 0 aliphatic carbocycles. The first-order valence-electron chi connectivity index (χ1n) is 24.3. The molecule has 0 aliphatic heterocycles. The van der Waals surface area contributed by atoms with Crippen molar-refractivity contribution in [3.8, 4) is 0 Å². The molecule has 0 aliphatic rings. The molecule has 4 aromatic carbocycles. The third-order valence-electron chi connectivity index (χ3n) is 13.0. The highest BCUT2D eigenvalue weighted by atomic mass is 14.5. The highest BCUT2D eigenvalue weighted by molar-refractivity contribution is 5.49. The van der Waals surface area contributed by atoms with E-state index in [1.165, 1.54) is 211 Å². The molecule has 4 N–H and O–H groups in total. The van der Waals surface area contributed by atoms with Crippen molar-refractivity contribution >= 4 is 11.4 Å². The number of hydrogen-bond acceptors (Lipinski definition) is 2. The van der Waals surface area contributed by atoms with E-state index in [2.05, 4.69) is 113 Å². The van der Waals surface area contributed by atoms with Gasteiger partial charge in [-0.05, 0) is 121 Å². The van der Waals surface area contributed by atoms with E-state index < -0.39 is 0 Å². The highest BCUT2D eigenvalue weighted by Gasteiger charge is 2.18. The van der Waals surface area contributed by atoms with Gasteiger partial charge in [0.25, 0.3) is 0 Å². The lowest BCUT2D eigenvalue weighted by molar-refractivity contribution is 0.558. The SMILES string of the molecule is CCCCCCCCCC(c1ccc(CCCCCCCCCCc2ccc(C(CCCCCCCCC)c3ccc(N)cc3C)cc2)cc1)c1ccc(N)cc1C. The van der Waals surface area contributed by atoms with Crippen LogP contribution in [0.5, 0.6) is 0 Å². The molecular weight excluding hydrogens is 701 g/mol. The van der Waals surface area contributed by atoms with E-state index in [1.807, 2.05) is 0 Å². The monoisotopic (exact) mass is 785 g/mol. The van der Waals surface area contributed by atoms with Gasteiger partial charge in [0.2, 0.25) is 0 Å². The van der Waals surface area contributed by atoms with E-state index in [9.17, 15) is 0 Å². The summed E-state index contributed by atoms with van der Waals surface area (Å²) in [5.74, 6) is 0.914. The number of hydrogen-bond donors (Lipinski definition) is 2. The summed E-state index contributed by atoms with van der Waals surface area (Å²) in [6.07, 6.45) is 34.5. The number of anilines is 2. The normalized spacial score (nSPS) is 12.6. The van der Waals surface area contributed by atoms with Crippen LogP contribution in [0.3, 0.4) is 0 Å². The van der Waals surface area contributed by atoms with Crippen molar-refractivity contribution in [2.45, 2.75) is 206 Å². The summed E-state index contributed by atoms with van der Waals surface area (Å²) in [5.41, 5.74) is 25.5. The number of unbranched alkanes of at least 4 members (excludes halogenated alkanes) is 19. The van der Waals surface area contributed by atoms with Crippen LogP contribution in [0.15, 0.2) is 84.9 Å². The van der Waals surface area contributed by atoms with Crippen molar-refractivity contribution in [3.05, 3.63) is 129 Å². The maximum Gasteiger partial charge on any atom is 0.0316 e. The Morgan fingerprint density at radius 3 is 1.00 bits per heavy atom. The molecule has 0 spiro atoms. The minimum atomic E-state index is 0.457. The van der Waals surface area contributed by atoms with Crippen LogP contribution >= 0.6 is 0 Å². The molecule has 0 bridgehead atoms. The number of aryl methyl sites for hydroxylation is 4. The Hall–Kier alpha value is -3.52. The van der Waals surface area contributed by atoms with Crippen LogP contribution in [0.25, 0.3) is 0 Å². The second-order valence-corrected chi connectivity index (χ2v) is 18.0. The van der Waals surface area contributed by atoms with E-state index in [4.69, 9.17) is 11.5 Å². The van der Waals surface area contributed by atoms with Crippen LogP contribution in [0.4, 0.5) is 11.4 Å². The zero-order valence-corrected chi connectivity index (χ0v) is 37.8. The Morgan fingerprint density at radius 2 is 0.672 bits per heavy atom. The molecule has 58 heavy (non-hydrogen) atoms. The molecule has 0 amide bonds. The van der Waals surface area contributed by atoms with Crippen molar-refractivity contribution in [1.29, 1.82) is 0 Å². The van der Waals surface area contributed by atoms with Crippen LogP contribution in [-0.2, 0) is 12.8 Å². The molecule has 0 saturated carbocycles.